The van der Waals surface area contributed by atoms with Crippen molar-refractivity contribution in [1.29, 1.82) is 0 Å². The zero-order chi connectivity index (χ0) is 20.6. The summed E-state index contributed by atoms with van der Waals surface area (Å²) in [5.74, 6) is 0. The molecule has 29 heavy (non-hydrogen) atoms. The van der Waals surface area contributed by atoms with Gasteiger partial charge >= 0.3 is 6.09 Å². The number of alkyl carbamates (subject to hydrolysis) is 1. The molecule has 0 aromatic heterocycles. The normalized spacial score (nSPS) is 11.6. The van der Waals surface area contributed by atoms with Gasteiger partial charge in [0, 0.05) is 13.0 Å². The van der Waals surface area contributed by atoms with Crippen LogP contribution in [0.4, 0.5) is 4.79 Å². The maximum Gasteiger partial charge on any atom is 0.407 e. The van der Waals surface area contributed by atoms with Gasteiger partial charge < -0.3 is 10.1 Å². The number of carbonyl (C=O) groups is 1. The zero-order valence-electron chi connectivity index (χ0n) is 16.5. The summed E-state index contributed by atoms with van der Waals surface area (Å²) in [6.07, 6.45) is 4.74. The molecular formula is C23H28NO5. The molecule has 1 atom stereocenters. The molecular weight excluding hydrogens is 370 g/mol. The SMILES string of the molecule is O=[C]C(Cc1ccccc1)OOCCCCCCNC(=O)OCc1ccccc1. The van der Waals surface area contributed by atoms with E-state index in [-0.39, 0.29) is 6.61 Å². The van der Waals surface area contributed by atoms with Crippen molar-refractivity contribution < 1.29 is 24.1 Å². The second-order valence-electron chi connectivity index (χ2n) is 6.62. The smallest absolute Gasteiger partial charge is 0.407 e. The van der Waals surface area contributed by atoms with E-state index in [9.17, 15) is 9.59 Å². The lowest BCUT2D eigenvalue weighted by Gasteiger charge is -2.10. The zero-order valence-corrected chi connectivity index (χ0v) is 16.5. The molecule has 0 aliphatic heterocycles. The quantitative estimate of drug-likeness (QED) is 0.294. The number of rotatable bonds is 14. The number of unbranched alkanes of at least 4 members (excludes halogenated alkanes) is 3. The Morgan fingerprint density at radius 2 is 1.55 bits per heavy atom. The van der Waals surface area contributed by atoms with Crippen LogP contribution < -0.4 is 5.32 Å². The van der Waals surface area contributed by atoms with Crippen LogP contribution in [0.1, 0.15) is 36.8 Å². The minimum Gasteiger partial charge on any atom is -0.445 e. The fraction of sp³-hybridized carbons (Fsp3) is 0.391. The van der Waals surface area contributed by atoms with Crippen molar-refractivity contribution in [1.82, 2.24) is 5.32 Å². The van der Waals surface area contributed by atoms with E-state index in [1.165, 1.54) is 0 Å². The van der Waals surface area contributed by atoms with Crippen LogP contribution in [-0.2, 0) is 32.3 Å². The van der Waals surface area contributed by atoms with Gasteiger partial charge in [-0.3, -0.25) is 4.79 Å². The van der Waals surface area contributed by atoms with Gasteiger partial charge in [0.1, 0.15) is 6.61 Å². The topological polar surface area (TPSA) is 73.9 Å². The molecule has 1 N–H and O–H groups in total. The standard InChI is InChI=1S/C23H28NO5/c25-18-22(17-20-11-5-3-6-12-20)29-28-16-10-2-1-9-15-24-23(26)27-19-21-13-7-4-8-14-21/h3-8,11-14,22H,1-2,9-10,15-17,19H2,(H,24,26). The minimum atomic E-state index is -0.719. The molecule has 0 saturated heterocycles. The van der Waals surface area contributed by atoms with Crippen LogP contribution in [0.25, 0.3) is 0 Å². The van der Waals surface area contributed by atoms with Crippen LogP contribution in [0.15, 0.2) is 60.7 Å². The maximum atomic E-state index is 11.6. The summed E-state index contributed by atoms with van der Waals surface area (Å²) in [6.45, 7) is 1.26. The molecule has 6 heteroatoms. The summed E-state index contributed by atoms with van der Waals surface area (Å²) in [5, 5.41) is 2.74. The van der Waals surface area contributed by atoms with Crippen molar-refractivity contribution in [3.05, 3.63) is 71.8 Å². The summed E-state index contributed by atoms with van der Waals surface area (Å²) in [7, 11) is 0. The van der Waals surface area contributed by atoms with E-state index in [2.05, 4.69) is 5.32 Å². The highest BCUT2D eigenvalue weighted by Crippen LogP contribution is 2.06. The second-order valence-corrected chi connectivity index (χ2v) is 6.62. The fourth-order valence-corrected chi connectivity index (χ4v) is 2.66. The highest BCUT2D eigenvalue weighted by molar-refractivity contribution is 5.67. The fourth-order valence-electron chi connectivity index (χ4n) is 2.66. The van der Waals surface area contributed by atoms with Crippen molar-refractivity contribution >= 4 is 12.4 Å². The molecule has 1 unspecified atom stereocenters. The van der Waals surface area contributed by atoms with Crippen LogP contribution in [0.5, 0.6) is 0 Å². The van der Waals surface area contributed by atoms with E-state index >= 15 is 0 Å². The first kappa shape index (κ1) is 22.6. The first-order valence-electron chi connectivity index (χ1n) is 9.92. The van der Waals surface area contributed by atoms with Crippen molar-refractivity contribution in [2.75, 3.05) is 13.2 Å². The van der Waals surface area contributed by atoms with E-state index < -0.39 is 12.2 Å². The lowest BCUT2D eigenvalue weighted by molar-refractivity contribution is -0.309. The molecule has 0 aliphatic rings. The Morgan fingerprint density at radius 1 is 0.897 bits per heavy atom. The van der Waals surface area contributed by atoms with E-state index in [0.29, 0.717) is 19.6 Å². The Kier molecular flexibility index (Phi) is 11.2. The summed E-state index contributed by atoms with van der Waals surface area (Å²) < 4.78 is 5.15. The predicted molar refractivity (Wildman–Crippen MR) is 110 cm³/mol. The Hall–Kier alpha value is -2.70. The van der Waals surface area contributed by atoms with Crippen molar-refractivity contribution in [3.8, 4) is 0 Å². The van der Waals surface area contributed by atoms with Gasteiger partial charge in [-0.1, -0.05) is 73.5 Å². The van der Waals surface area contributed by atoms with Gasteiger partial charge in [0.05, 0.1) is 6.61 Å². The average Bonchev–Trinajstić information content (AvgIpc) is 2.77. The Balaban J connectivity index is 1.41. The molecule has 0 spiro atoms. The number of ether oxygens (including phenoxy) is 1. The summed E-state index contributed by atoms with van der Waals surface area (Å²) in [4.78, 5) is 32.8. The van der Waals surface area contributed by atoms with E-state index in [1.807, 2.05) is 66.9 Å². The maximum absolute atomic E-state index is 11.6. The van der Waals surface area contributed by atoms with Gasteiger partial charge in [-0.05, 0) is 24.0 Å². The van der Waals surface area contributed by atoms with Crippen molar-refractivity contribution in [2.24, 2.45) is 0 Å². The van der Waals surface area contributed by atoms with Crippen LogP contribution in [0.3, 0.4) is 0 Å². The first-order chi connectivity index (χ1) is 14.3. The molecule has 1 amide bonds. The Bertz CT molecular complexity index is 693. The van der Waals surface area contributed by atoms with E-state index in [1.54, 1.807) is 0 Å². The molecule has 0 bridgehead atoms. The number of hydrogen-bond donors (Lipinski definition) is 1. The molecule has 0 heterocycles. The van der Waals surface area contributed by atoms with Crippen LogP contribution in [-0.4, -0.2) is 31.6 Å². The largest absolute Gasteiger partial charge is 0.445 e. The molecule has 0 saturated carbocycles. The predicted octanol–water partition coefficient (Wildman–Crippen LogP) is 4.14. The molecule has 0 aliphatic carbocycles. The third-order valence-electron chi connectivity index (χ3n) is 4.22. The number of nitrogens with one attached hydrogen (secondary N) is 1. The van der Waals surface area contributed by atoms with Gasteiger partial charge in [0.15, 0.2) is 6.10 Å². The third-order valence-corrected chi connectivity index (χ3v) is 4.22. The summed E-state index contributed by atoms with van der Waals surface area (Å²) >= 11 is 0. The molecule has 155 valence electrons. The molecule has 0 fully saturated rings. The third kappa shape index (κ3) is 10.4. The van der Waals surface area contributed by atoms with E-state index in [4.69, 9.17) is 14.5 Å². The molecule has 2 aromatic rings. The monoisotopic (exact) mass is 398 g/mol. The number of benzene rings is 2. The van der Waals surface area contributed by atoms with Crippen LogP contribution in [0.2, 0.25) is 0 Å². The average molecular weight is 398 g/mol. The number of hydrogen-bond acceptors (Lipinski definition) is 5. The second kappa shape index (κ2) is 14.3. The van der Waals surface area contributed by atoms with Gasteiger partial charge in [0.25, 0.3) is 0 Å². The summed E-state index contributed by atoms with van der Waals surface area (Å²) in [6, 6.07) is 19.2. The van der Waals surface area contributed by atoms with Crippen molar-refractivity contribution in [3.63, 3.8) is 0 Å². The highest BCUT2D eigenvalue weighted by atomic mass is 17.2. The Labute approximate surface area is 172 Å². The first-order valence-corrected chi connectivity index (χ1v) is 9.92. The van der Waals surface area contributed by atoms with E-state index in [0.717, 1.165) is 36.8 Å². The van der Waals surface area contributed by atoms with Gasteiger partial charge in [-0.25, -0.2) is 14.6 Å². The number of carbonyl (C=O) groups excluding carboxylic acids is 2. The molecule has 2 aromatic carbocycles. The number of amides is 1. The molecule has 6 nitrogen and oxygen atoms in total. The summed E-state index contributed by atoms with van der Waals surface area (Å²) in [5.41, 5.74) is 1.96. The van der Waals surface area contributed by atoms with Gasteiger partial charge in [-0.15, -0.1) is 0 Å². The lowest BCUT2D eigenvalue weighted by Crippen LogP contribution is -2.25. The Morgan fingerprint density at radius 3 is 2.24 bits per heavy atom. The van der Waals surface area contributed by atoms with Gasteiger partial charge in [0.2, 0.25) is 6.29 Å². The minimum absolute atomic E-state index is 0.271. The van der Waals surface area contributed by atoms with Crippen LogP contribution >= 0.6 is 0 Å². The van der Waals surface area contributed by atoms with Crippen molar-refractivity contribution in [2.45, 2.75) is 44.8 Å². The van der Waals surface area contributed by atoms with Gasteiger partial charge in [-0.2, -0.15) is 0 Å². The van der Waals surface area contributed by atoms with Crippen LogP contribution in [0, 0.1) is 0 Å². The molecule has 2 rings (SSSR count). The highest BCUT2D eigenvalue weighted by Gasteiger charge is 2.11. The molecule has 1 radical (unpaired) electrons. The lowest BCUT2D eigenvalue weighted by atomic mass is 10.1.